The molecule has 0 spiro atoms. The molecule has 0 aliphatic rings. The lowest BCUT2D eigenvalue weighted by Gasteiger charge is -2.14. The molecule has 1 aromatic carbocycles. The van der Waals surface area contributed by atoms with Gasteiger partial charge < -0.3 is 16.2 Å². The van der Waals surface area contributed by atoms with E-state index >= 15 is 0 Å². The largest absolute Gasteiger partial charge is 0.398 e. The predicted octanol–water partition coefficient (Wildman–Crippen LogP) is 1.92. The van der Waals surface area contributed by atoms with Gasteiger partial charge in [-0.05, 0) is 47.8 Å². The van der Waals surface area contributed by atoms with Crippen LogP contribution in [0.5, 0.6) is 0 Å². The van der Waals surface area contributed by atoms with Crippen LogP contribution in [-0.4, -0.2) is 23.7 Å². The quantitative estimate of drug-likeness (QED) is 0.727. The lowest BCUT2D eigenvalue weighted by Crippen LogP contribution is -2.32. The van der Waals surface area contributed by atoms with Crippen LogP contribution in [0.4, 0.5) is 5.69 Å². The summed E-state index contributed by atoms with van der Waals surface area (Å²) in [4.78, 5) is 11.9. The molecule has 0 fully saturated rings. The van der Waals surface area contributed by atoms with Crippen LogP contribution in [-0.2, 0) is 0 Å². The van der Waals surface area contributed by atoms with Crippen LogP contribution in [0.2, 0.25) is 0 Å². The normalized spacial score (nSPS) is 12.2. The number of benzene rings is 1. The third-order valence-corrected chi connectivity index (χ3v) is 3.33. The van der Waals surface area contributed by atoms with E-state index in [2.05, 4.69) is 21.2 Å². The van der Waals surface area contributed by atoms with Crippen molar-refractivity contribution in [1.29, 1.82) is 0 Å². The Balaban J connectivity index is 2.67. The van der Waals surface area contributed by atoms with Gasteiger partial charge in [-0.1, -0.05) is 6.07 Å². The average Bonchev–Trinajstić information content (AvgIpc) is 2.29. The van der Waals surface area contributed by atoms with Gasteiger partial charge in [0.1, 0.15) is 0 Å². The van der Waals surface area contributed by atoms with Crippen LogP contribution in [0.25, 0.3) is 0 Å². The number of halogens is 1. The summed E-state index contributed by atoms with van der Waals surface area (Å²) in [6.45, 7) is 2.05. The van der Waals surface area contributed by atoms with Crippen LogP contribution in [0.1, 0.15) is 30.1 Å². The fourth-order valence-corrected chi connectivity index (χ4v) is 1.94. The number of rotatable bonds is 5. The Morgan fingerprint density at radius 1 is 1.59 bits per heavy atom. The molecule has 0 aliphatic carbocycles. The minimum absolute atomic E-state index is 0.0305. The molecular weight excluding hydrogens is 284 g/mol. The molecule has 1 aromatic rings. The molecule has 5 heteroatoms. The Hall–Kier alpha value is -1.07. The Bertz CT molecular complexity index is 396. The monoisotopic (exact) mass is 300 g/mol. The zero-order chi connectivity index (χ0) is 12.8. The molecule has 17 heavy (non-hydrogen) atoms. The SMILES string of the molecule is CC(CCCO)NC(=O)c1cccc(N)c1Br. The Morgan fingerprint density at radius 3 is 2.94 bits per heavy atom. The topological polar surface area (TPSA) is 75.3 Å². The molecule has 0 heterocycles. The van der Waals surface area contributed by atoms with E-state index in [4.69, 9.17) is 10.8 Å². The van der Waals surface area contributed by atoms with Crippen molar-refractivity contribution in [3.05, 3.63) is 28.2 Å². The zero-order valence-corrected chi connectivity index (χ0v) is 11.3. The summed E-state index contributed by atoms with van der Waals surface area (Å²) < 4.78 is 0.617. The minimum Gasteiger partial charge on any atom is -0.398 e. The van der Waals surface area contributed by atoms with E-state index in [0.717, 1.165) is 6.42 Å². The number of nitrogens with two attached hydrogens (primary N) is 1. The molecule has 1 atom stereocenters. The highest BCUT2D eigenvalue weighted by Gasteiger charge is 2.13. The molecule has 0 aromatic heterocycles. The molecule has 1 rings (SSSR count). The first-order valence-electron chi connectivity index (χ1n) is 5.52. The highest BCUT2D eigenvalue weighted by Crippen LogP contribution is 2.23. The van der Waals surface area contributed by atoms with Crippen LogP contribution < -0.4 is 11.1 Å². The average molecular weight is 301 g/mol. The molecule has 0 bridgehead atoms. The Kier molecular flexibility index (Phi) is 5.44. The van der Waals surface area contributed by atoms with E-state index in [1.165, 1.54) is 0 Å². The van der Waals surface area contributed by atoms with Crippen molar-refractivity contribution in [1.82, 2.24) is 5.32 Å². The van der Waals surface area contributed by atoms with Gasteiger partial charge >= 0.3 is 0 Å². The van der Waals surface area contributed by atoms with E-state index < -0.39 is 0 Å². The number of aliphatic hydroxyl groups is 1. The van der Waals surface area contributed by atoms with E-state index in [0.29, 0.717) is 22.1 Å². The fraction of sp³-hybridized carbons (Fsp3) is 0.417. The van der Waals surface area contributed by atoms with E-state index in [9.17, 15) is 4.79 Å². The Labute approximate surface area is 109 Å². The maximum atomic E-state index is 11.9. The van der Waals surface area contributed by atoms with Crippen LogP contribution in [0, 0.1) is 0 Å². The number of nitrogen functional groups attached to an aromatic ring is 1. The highest BCUT2D eigenvalue weighted by molar-refractivity contribution is 9.10. The number of carbonyl (C=O) groups excluding carboxylic acids is 1. The summed E-state index contributed by atoms with van der Waals surface area (Å²) in [6, 6.07) is 5.22. The van der Waals surface area contributed by atoms with Crippen molar-refractivity contribution >= 4 is 27.5 Å². The van der Waals surface area contributed by atoms with Gasteiger partial charge in [0.05, 0.1) is 10.0 Å². The molecule has 94 valence electrons. The molecule has 1 unspecified atom stereocenters. The number of carbonyl (C=O) groups is 1. The minimum atomic E-state index is -0.158. The van der Waals surface area contributed by atoms with E-state index in [1.54, 1.807) is 18.2 Å². The predicted molar refractivity (Wildman–Crippen MR) is 71.8 cm³/mol. The molecule has 4 N–H and O–H groups in total. The van der Waals surface area contributed by atoms with Crippen molar-refractivity contribution in [3.63, 3.8) is 0 Å². The van der Waals surface area contributed by atoms with Crippen LogP contribution in [0.15, 0.2) is 22.7 Å². The summed E-state index contributed by atoms with van der Waals surface area (Å²) >= 11 is 3.30. The standard InChI is InChI=1S/C12H17BrN2O2/c1-8(4-3-7-16)15-12(17)9-5-2-6-10(14)11(9)13/h2,5-6,8,16H,3-4,7,14H2,1H3,(H,15,17). The van der Waals surface area contributed by atoms with Crippen molar-refractivity contribution < 1.29 is 9.90 Å². The van der Waals surface area contributed by atoms with Gasteiger partial charge in [-0.15, -0.1) is 0 Å². The summed E-state index contributed by atoms with van der Waals surface area (Å²) in [7, 11) is 0. The molecule has 0 saturated carbocycles. The first kappa shape index (κ1) is 14.0. The smallest absolute Gasteiger partial charge is 0.252 e. The summed E-state index contributed by atoms with van der Waals surface area (Å²) in [5, 5.41) is 11.6. The summed E-state index contributed by atoms with van der Waals surface area (Å²) in [6.07, 6.45) is 1.43. The van der Waals surface area contributed by atoms with Crippen molar-refractivity contribution in [2.75, 3.05) is 12.3 Å². The van der Waals surface area contributed by atoms with Gasteiger partial charge in [0.15, 0.2) is 0 Å². The van der Waals surface area contributed by atoms with Gasteiger partial charge in [-0.3, -0.25) is 4.79 Å². The van der Waals surface area contributed by atoms with Gasteiger partial charge in [0.2, 0.25) is 0 Å². The van der Waals surface area contributed by atoms with Crippen molar-refractivity contribution in [2.24, 2.45) is 0 Å². The molecule has 0 aliphatic heterocycles. The number of aliphatic hydroxyl groups excluding tert-OH is 1. The highest BCUT2D eigenvalue weighted by atomic mass is 79.9. The number of anilines is 1. The second-order valence-corrected chi connectivity index (χ2v) is 4.74. The lowest BCUT2D eigenvalue weighted by atomic mass is 10.1. The third-order valence-electron chi connectivity index (χ3n) is 2.45. The second-order valence-electron chi connectivity index (χ2n) is 3.95. The zero-order valence-electron chi connectivity index (χ0n) is 9.74. The Morgan fingerprint density at radius 2 is 2.29 bits per heavy atom. The van der Waals surface area contributed by atoms with E-state index in [-0.39, 0.29) is 18.6 Å². The molecular formula is C12H17BrN2O2. The van der Waals surface area contributed by atoms with Gasteiger partial charge in [-0.25, -0.2) is 0 Å². The molecule has 4 nitrogen and oxygen atoms in total. The van der Waals surface area contributed by atoms with Gasteiger partial charge in [0.25, 0.3) is 5.91 Å². The van der Waals surface area contributed by atoms with Gasteiger partial charge in [-0.2, -0.15) is 0 Å². The molecule has 0 radical (unpaired) electrons. The summed E-state index contributed by atoms with van der Waals surface area (Å²) in [5.74, 6) is -0.158. The second kappa shape index (κ2) is 6.61. The maximum absolute atomic E-state index is 11.9. The third kappa shape index (κ3) is 4.02. The number of hydrogen-bond acceptors (Lipinski definition) is 3. The molecule has 1 amide bonds. The first-order chi connectivity index (χ1) is 8.06. The van der Waals surface area contributed by atoms with Crippen molar-refractivity contribution in [2.45, 2.75) is 25.8 Å². The molecule has 0 saturated heterocycles. The number of hydrogen-bond donors (Lipinski definition) is 3. The number of amides is 1. The fourth-order valence-electron chi connectivity index (χ4n) is 1.50. The summed E-state index contributed by atoms with van der Waals surface area (Å²) in [5.41, 5.74) is 6.78. The van der Waals surface area contributed by atoms with Crippen molar-refractivity contribution in [3.8, 4) is 0 Å². The van der Waals surface area contributed by atoms with Crippen LogP contribution >= 0.6 is 15.9 Å². The van der Waals surface area contributed by atoms with E-state index in [1.807, 2.05) is 6.92 Å². The van der Waals surface area contributed by atoms with Gasteiger partial charge in [0, 0.05) is 18.3 Å². The first-order valence-corrected chi connectivity index (χ1v) is 6.31. The van der Waals surface area contributed by atoms with Crippen LogP contribution in [0.3, 0.4) is 0 Å². The maximum Gasteiger partial charge on any atom is 0.252 e. The number of nitrogens with one attached hydrogen (secondary N) is 1. The lowest BCUT2D eigenvalue weighted by molar-refractivity contribution is 0.0935.